The molecule has 1 saturated heterocycles. The summed E-state index contributed by atoms with van der Waals surface area (Å²) in [6.45, 7) is 5.17. The first-order valence-electron chi connectivity index (χ1n) is 10.7. The lowest BCUT2D eigenvalue weighted by Gasteiger charge is -2.26. The Hall–Kier alpha value is -3.19. The fourth-order valence-electron chi connectivity index (χ4n) is 3.96. The number of nitrogens with zero attached hydrogens (tertiary/aromatic N) is 2. The van der Waals surface area contributed by atoms with E-state index in [-0.39, 0.29) is 23.4 Å². The molecule has 1 amide bonds. The van der Waals surface area contributed by atoms with Crippen molar-refractivity contribution >= 4 is 17.4 Å². The van der Waals surface area contributed by atoms with Gasteiger partial charge in [0.2, 0.25) is 0 Å². The van der Waals surface area contributed by atoms with Gasteiger partial charge in [0.25, 0.3) is 11.7 Å². The van der Waals surface area contributed by atoms with Gasteiger partial charge in [0.15, 0.2) is 0 Å². The van der Waals surface area contributed by atoms with Crippen LogP contribution in [0.2, 0.25) is 0 Å². The monoisotopic (exact) mass is 440 g/mol. The Bertz CT molecular complexity index is 1050. The molecule has 7 heteroatoms. The molecule has 2 aromatic carbocycles. The summed E-state index contributed by atoms with van der Waals surface area (Å²) in [7, 11) is 3.83. The van der Waals surface area contributed by atoms with Gasteiger partial charge >= 0.3 is 0 Å². The SMILES string of the molecule is CCOc1ccc(C(O)=C2C(=O)C(=O)N(CCCN(C)C)[C@H]2c2ccccc2F)cc1C. The van der Waals surface area contributed by atoms with Crippen molar-refractivity contribution in [2.45, 2.75) is 26.3 Å². The number of ether oxygens (including phenoxy) is 1. The summed E-state index contributed by atoms with van der Waals surface area (Å²) in [5.41, 5.74) is 1.23. The standard InChI is InChI=1S/C25H29FN2O4/c1-5-32-20-12-11-17(15-16(20)2)23(29)21-22(18-9-6-7-10-19(18)26)28(25(31)24(21)30)14-8-13-27(3)4/h6-7,9-12,15,22,29H,5,8,13-14H2,1-4H3/t22-/m0/s1. The van der Waals surface area contributed by atoms with Crippen LogP contribution >= 0.6 is 0 Å². The number of ketones is 1. The van der Waals surface area contributed by atoms with Gasteiger partial charge in [-0.15, -0.1) is 0 Å². The van der Waals surface area contributed by atoms with E-state index in [1.54, 1.807) is 36.4 Å². The van der Waals surface area contributed by atoms with Crippen molar-refractivity contribution in [3.05, 3.63) is 70.5 Å². The normalized spacial score (nSPS) is 17.9. The van der Waals surface area contributed by atoms with Crippen LogP contribution in [0.3, 0.4) is 0 Å². The Morgan fingerprint density at radius 2 is 1.91 bits per heavy atom. The highest BCUT2D eigenvalue weighted by Crippen LogP contribution is 2.40. The largest absolute Gasteiger partial charge is 0.507 e. The predicted octanol–water partition coefficient (Wildman–Crippen LogP) is 3.91. The molecule has 1 fully saturated rings. The van der Waals surface area contributed by atoms with Gasteiger partial charge < -0.3 is 19.6 Å². The third-order valence-electron chi connectivity index (χ3n) is 5.49. The van der Waals surface area contributed by atoms with Crippen molar-refractivity contribution in [1.29, 1.82) is 0 Å². The minimum absolute atomic E-state index is 0.103. The van der Waals surface area contributed by atoms with Crippen molar-refractivity contribution in [2.24, 2.45) is 0 Å². The van der Waals surface area contributed by atoms with Crippen LogP contribution in [-0.2, 0) is 9.59 Å². The van der Waals surface area contributed by atoms with Gasteiger partial charge in [-0.1, -0.05) is 18.2 Å². The summed E-state index contributed by atoms with van der Waals surface area (Å²) < 4.78 is 20.3. The van der Waals surface area contributed by atoms with Crippen molar-refractivity contribution in [1.82, 2.24) is 9.80 Å². The highest BCUT2D eigenvalue weighted by molar-refractivity contribution is 6.46. The molecule has 0 aliphatic carbocycles. The number of halogens is 1. The zero-order valence-electron chi connectivity index (χ0n) is 18.9. The van der Waals surface area contributed by atoms with Gasteiger partial charge in [0.05, 0.1) is 18.2 Å². The van der Waals surface area contributed by atoms with Crippen molar-refractivity contribution in [2.75, 3.05) is 33.8 Å². The summed E-state index contributed by atoms with van der Waals surface area (Å²) >= 11 is 0. The molecular weight excluding hydrogens is 411 g/mol. The van der Waals surface area contributed by atoms with Crippen LogP contribution in [0.25, 0.3) is 5.76 Å². The molecule has 0 saturated carbocycles. The van der Waals surface area contributed by atoms with Crippen LogP contribution in [0, 0.1) is 12.7 Å². The third kappa shape index (κ3) is 4.67. The van der Waals surface area contributed by atoms with E-state index >= 15 is 0 Å². The molecule has 0 unspecified atom stereocenters. The van der Waals surface area contributed by atoms with E-state index < -0.39 is 23.5 Å². The first-order chi connectivity index (χ1) is 15.3. The van der Waals surface area contributed by atoms with Crippen LogP contribution in [0.4, 0.5) is 4.39 Å². The molecule has 1 atom stereocenters. The van der Waals surface area contributed by atoms with Crippen LogP contribution in [-0.4, -0.2) is 60.4 Å². The number of carbonyl (C=O) groups excluding carboxylic acids is 2. The molecule has 0 spiro atoms. The first kappa shape index (κ1) is 23.5. The molecule has 6 nitrogen and oxygen atoms in total. The fraction of sp³-hybridized carbons (Fsp3) is 0.360. The molecule has 2 aromatic rings. The molecule has 1 aliphatic rings. The average molecular weight is 441 g/mol. The van der Waals surface area contributed by atoms with E-state index in [0.29, 0.717) is 30.9 Å². The van der Waals surface area contributed by atoms with Gasteiger partial charge in [-0.05, 0) is 70.7 Å². The number of hydrogen-bond acceptors (Lipinski definition) is 5. The van der Waals surface area contributed by atoms with Gasteiger partial charge in [0.1, 0.15) is 17.3 Å². The number of benzene rings is 2. The quantitative estimate of drug-likeness (QED) is 0.383. The smallest absolute Gasteiger partial charge is 0.295 e. The summed E-state index contributed by atoms with van der Waals surface area (Å²) in [4.78, 5) is 29.2. The lowest BCUT2D eigenvalue weighted by atomic mass is 9.94. The minimum Gasteiger partial charge on any atom is -0.507 e. The van der Waals surface area contributed by atoms with E-state index in [1.165, 1.54) is 11.0 Å². The Morgan fingerprint density at radius 3 is 2.53 bits per heavy atom. The number of aliphatic hydroxyl groups is 1. The maximum atomic E-state index is 14.8. The lowest BCUT2D eigenvalue weighted by Crippen LogP contribution is -2.32. The lowest BCUT2D eigenvalue weighted by molar-refractivity contribution is -0.140. The van der Waals surface area contributed by atoms with E-state index in [4.69, 9.17) is 4.74 Å². The fourth-order valence-corrected chi connectivity index (χ4v) is 3.96. The highest BCUT2D eigenvalue weighted by Gasteiger charge is 2.46. The zero-order valence-corrected chi connectivity index (χ0v) is 18.9. The molecule has 1 heterocycles. The van der Waals surface area contributed by atoms with Crippen molar-refractivity contribution in [3.8, 4) is 5.75 Å². The molecular formula is C25H29FN2O4. The molecule has 32 heavy (non-hydrogen) atoms. The molecule has 1 aliphatic heterocycles. The average Bonchev–Trinajstić information content (AvgIpc) is 3.00. The van der Waals surface area contributed by atoms with Gasteiger partial charge in [-0.25, -0.2) is 4.39 Å². The Kier molecular flexibility index (Phi) is 7.30. The van der Waals surface area contributed by atoms with E-state index in [1.807, 2.05) is 32.8 Å². The number of Topliss-reactive ketones (excluding diaryl/α,β-unsaturated/α-hetero) is 1. The summed E-state index contributed by atoms with van der Waals surface area (Å²) in [6.07, 6.45) is 0.604. The first-order valence-corrected chi connectivity index (χ1v) is 10.7. The Morgan fingerprint density at radius 1 is 1.19 bits per heavy atom. The minimum atomic E-state index is -0.995. The number of hydrogen-bond donors (Lipinski definition) is 1. The zero-order chi connectivity index (χ0) is 23.4. The number of carbonyl (C=O) groups is 2. The molecule has 170 valence electrons. The number of aryl methyl sites for hydroxylation is 1. The second-order valence-corrected chi connectivity index (χ2v) is 8.08. The molecule has 0 radical (unpaired) electrons. The molecule has 1 N–H and O–H groups in total. The predicted molar refractivity (Wildman–Crippen MR) is 121 cm³/mol. The maximum absolute atomic E-state index is 14.8. The van der Waals surface area contributed by atoms with E-state index in [0.717, 1.165) is 5.56 Å². The Labute approximate surface area is 187 Å². The van der Waals surface area contributed by atoms with E-state index in [9.17, 15) is 19.1 Å². The topological polar surface area (TPSA) is 70.1 Å². The second kappa shape index (κ2) is 9.96. The molecule has 3 rings (SSSR count). The van der Waals surface area contributed by atoms with Gasteiger partial charge in [0, 0.05) is 17.7 Å². The molecule has 0 aromatic heterocycles. The number of rotatable bonds is 8. The molecule has 0 bridgehead atoms. The van der Waals surface area contributed by atoms with Crippen molar-refractivity contribution < 1.29 is 23.8 Å². The van der Waals surface area contributed by atoms with Crippen LogP contribution in [0.15, 0.2) is 48.0 Å². The maximum Gasteiger partial charge on any atom is 0.295 e. The summed E-state index contributed by atoms with van der Waals surface area (Å²) in [5.74, 6) is -1.74. The van der Waals surface area contributed by atoms with Gasteiger partial charge in [-0.2, -0.15) is 0 Å². The highest BCUT2D eigenvalue weighted by atomic mass is 19.1. The number of aliphatic hydroxyl groups excluding tert-OH is 1. The summed E-state index contributed by atoms with van der Waals surface area (Å²) in [6, 6.07) is 10.1. The van der Waals surface area contributed by atoms with Gasteiger partial charge in [-0.3, -0.25) is 9.59 Å². The van der Waals surface area contributed by atoms with Crippen molar-refractivity contribution in [3.63, 3.8) is 0 Å². The number of amides is 1. The summed E-state index contributed by atoms with van der Waals surface area (Å²) in [5, 5.41) is 11.1. The van der Waals surface area contributed by atoms with Crippen LogP contribution in [0.5, 0.6) is 5.75 Å². The number of likely N-dealkylation sites (tertiary alicyclic amines) is 1. The van der Waals surface area contributed by atoms with E-state index in [2.05, 4.69) is 0 Å². The third-order valence-corrected chi connectivity index (χ3v) is 5.49. The second-order valence-electron chi connectivity index (χ2n) is 8.08. The van der Waals surface area contributed by atoms with Crippen LogP contribution in [0.1, 0.15) is 36.1 Å². The van der Waals surface area contributed by atoms with Crippen LogP contribution < -0.4 is 4.74 Å². The Balaban J connectivity index is 2.11.